The van der Waals surface area contributed by atoms with E-state index in [1.54, 1.807) is 11.3 Å². The summed E-state index contributed by atoms with van der Waals surface area (Å²) < 4.78 is 5.77. The summed E-state index contributed by atoms with van der Waals surface area (Å²) in [5.74, 6) is 1.31. The summed E-state index contributed by atoms with van der Waals surface area (Å²) in [6, 6.07) is 2.25. The van der Waals surface area contributed by atoms with Crippen LogP contribution in [0.1, 0.15) is 42.6 Å². The summed E-state index contributed by atoms with van der Waals surface area (Å²) >= 11 is 1.70. The van der Waals surface area contributed by atoms with E-state index in [2.05, 4.69) is 49.3 Å². The number of rotatable bonds is 5. The van der Waals surface area contributed by atoms with Crippen LogP contribution in [0.4, 0.5) is 0 Å². The summed E-state index contributed by atoms with van der Waals surface area (Å²) in [6.45, 7) is 9.28. The summed E-state index contributed by atoms with van der Waals surface area (Å²) in [6.07, 6.45) is 0.942. The highest BCUT2D eigenvalue weighted by molar-refractivity contribution is 7.15. The van der Waals surface area contributed by atoms with E-state index in [1.807, 2.05) is 0 Å². The predicted molar refractivity (Wildman–Crippen MR) is 73.8 cm³/mol. The van der Waals surface area contributed by atoms with E-state index >= 15 is 0 Å². The molecule has 4 nitrogen and oxygen atoms in total. The lowest BCUT2D eigenvalue weighted by atomic mass is 10.2. The Morgan fingerprint density at radius 3 is 2.67 bits per heavy atom. The fourth-order valence-electron chi connectivity index (χ4n) is 1.81. The van der Waals surface area contributed by atoms with Crippen LogP contribution in [0.25, 0.3) is 10.8 Å². The molecule has 0 aliphatic carbocycles. The molecule has 2 rings (SSSR count). The predicted octanol–water partition coefficient (Wildman–Crippen LogP) is 3.48. The fraction of sp³-hybridized carbons (Fsp3) is 0.538. The molecule has 98 valence electrons. The maximum atomic E-state index is 5.77. The van der Waals surface area contributed by atoms with Crippen molar-refractivity contribution in [3.8, 4) is 10.8 Å². The van der Waals surface area contributed by atoms with Gasteiger partial charge in [0, 0.05) is 4.88 Å². The van der Waals surface area contributed by atoms with Gasteiger partial charge in [-0.2, -0.15) is 0 Å². The first-order valence-corrected chi connectivity index (χ1v) is 7.11. The third kappa shape index (κ3) is 2.62. The molecule has 1 N–H and O–H groups in total. The Balaban J connectivity index is 2.24. The molecule has 1 unspecified atom stereocenters. The molecule has 2 heterocycles. The van der Waals surface area contributed by atoms with E-state index in [9.17, 15) is 0 Å². The van der Waals surface area contributed by atoms with E-state index in [4.69, 9.17) is 4.42 Å². The highest BCUT2D eigenvalue weighted by atomic mass is 32.1. The second-order valence-electron chi connectivity index (χ2n) is 4.31. The maximum Gasteiger partial charge on any atom is 0.257 e. The lowest BCUT2D eigenvalue weighted by Gasteiger charge is -2.09. The Bertz CT molecular complexity index is 499. The van der Waals surface area contributed by atoms with Crippen molar-refractivity contribution >= 4 is 11.3 Å². The van der Waals surface area contributed by atoms with Crippen molar-refractivity contribution in [2.24, 2.45) is 0 Å². The molecule has 0 aliphatic heterocycles. The number of aromatic nitrogens is 2. The van der Waals surface area contributed by atoms with Gasteiger partial charge in [0.15, 0.2) is 0 Å². The van der Waals surface area contributed by atoms with Gasteiger partial charge in [-0.1, -0.05) is 13.8 Å². The highest BCUT2D eigenvalue weighted by Gasteiger charge is 2.17. The number of thiophene rings is 1. The van der Waals surface area contributed by atoms with Gasteiger partial charge in [0.1, 0.15) is 0 Å². The molecular formula is C13H19N3OS. The lowest BCUT2D eigenvalue weighted by Crippen LogP contribution is -2.20. The number of hydrogen-bond acceptors (Lipinski definition) is 5. The molecule has 0 saturated carbocycles. The largest absolute Gasteiger partial charge is 0.418 e. The average Bonchev–Trinajstić information content (AvgIpc) is 2.94. The van der Waals surface area contributed by atoms with Crippen LogP contribution in [0.2, 0.25) is 0 Å². The van der Waals surface area contributed by atoms with Gasteiger partial charge in [-0.25, -0.2) is 0 Å². The summed E-state index contributed by atoms with van der Waals surface area (Å²) in [4.78, 5) is 2.35. The minimum Gasteiger partial charge on any atom is -0.418 e. The normalized spacial score (nSPS) is 12.9. The molecular weight excluding hydrogens is 246 g/mol. The molecule has 0 bridgehead atoms. The van der Waals surface area contributed by atoms with Crippen LogP contribution in [-0.4, -0.2) is 16.7 Å². The number of nitrogens with one attached hydrogen (secondary N) is 1. The first-order valence-electron chi connectivity index (χ1n) is 6.29. The minimum atomic E-state index is 0.151. The first-order chi connectivity index (χ1) is 8.65. The summed E-state index contributed by atoms with van der Waals surface area (Å²) in [5.41, 5.74) is 1.27. The average molecular weight is 265 g/mol. The number of hydrogen-bond donors (Lipinski definition) is 1. The monoisotopic (exact) mass is 265 g/mol. The van der Waals surface area contributed by atoms with Crippen molar-refractivity contribution in [1.82, 2.24) is 15.5 Å². The highest BCUT2D eigenvalue weighted by Crippen LogP contribution is 2.30. The van der Waals surface area contributed by atoms with Crippen LogP contribution < -0.4 is 5.32 Å². The smallest absolute Gasteiger partial charge is 0.257 e. The third-order valence-electron chi connectivity index (χ3n) is 2.97. The van der Waals surface area contributed by atoms with Crippen LogP contribution in [0, 0.1) is 13.8 Å². The SMILES string of the molecule is CCNC(CC)c1nnc(-c2cc(C)c(C)s2)o1. The van der Waals surface area contributed by atoms with E-state index < -0.39 is 0 Å². The Kier molecular flexibility index (Phi) is 4.14. The van der Waals surface area contributed by atoms with Gasteiger partial charge in [0.05, 0.1) is 10.9 Å². The summed E-state index contributed by atoms with van der Waals surface area (Å²) in [5, 5.41) is 11.6. The zero-order valence-electron chi connectivity index (χ0n) is 11.3. The zero-order valence-corrected chi connectivity index (χ0v) is 12.1. The zero-order chi connectivity index (χ0) is 13.1. The van der Waals surface area contributed by atoms with Crippen LogP contribution in [0.5, 0.6) is 0 Å². The molecule has 2 aromatic heterocycles. The van der Waals surface area contributed by atoms with Crippen molar-refractivity contribution in [3.63, 3.8) is 0 Å². The van der Waals surface area contributed by atoms with Crippen LogP contribution in [0.3, 0.4) is 0 Å². The molecule has 2 aromatic rings. The Labute approximate surface area is 111 Å². The minimum absolute atomic E-state index is 0.151. The van der Waals surface area contributed by atoms with Crippen molar-refractivity contribution in [2.45, 2.75) is 40.2 Å². The van der Waals surface area contributed by atoms with Crippen molar-refractivity contribution in [2.75, 3.05) is 6.54 Å². The molecule has 0 radical (unpaired) electrons. The van der Waals surface area contributed by atoms with Crippen molar-refractivity contribution in [1.29, 1.82) is 0 Å². The Hall–Kier alpha value is -1.20. The molecule has 0 aliphatic rings. The van der Waals surface area contributed by atoms with Crippen LogP contribution in [-0.2, 0) is 0 Å². The second-order valence-corrected chi connectivity index (χ2v) is 5.57. The van der Waals surface area contributed by atoms with Crippen molar-refractivity contribution in [3.05, 3.63) is 22.4 Å². The van der Waals surface area contributed by atoms with Gasteiger partial charge in [-0.3, -0.25) is 0 Å². The first kappa shape index (κ1) is 13.2. The Morgan fingerprint density at radius 1 is 1.33 bits per heavy atom. The molecule has 1 atom stereocenters. The van der Waals surface area contributed by atoms with E-state index in [0.717, 1.165) is 17.8 Å². The molecule has 0 aromatic carbocycles. The van der Waals surface area contributed by atoms with E-state index in [0.29, 0.717) is 11.8 Å². The van der Waals surface area contributed by atoms with Gasteiger partial charge >= 0.3 is 0 Å². The number of aryl methyl sites for hydroxylation is 2. The van der Waals surface area contributed by atoms with Gasteiger partial charge in [0.25, 0.3) is 5.89 Å². The number of nitrogens with zero attached hydrogens (tertiary/aromatic N) is 2. The molecule has 5 heteroatoms. The Morgan fingerprint density at radius 2 is 2.11 bits per heavy atom. The van der Waals surface area contributed by atoms with Crippen LogP contribution in [0.15, 0.2) is 10.5 Å². The summed E-state index contributed by atoms with van der Waals surface area (Å²) in [7, 11) is 0. The molecule has 0 fully saturated rings. The van der Waals surface area contributed by atoms with Crippen molar-refractivity contribution < 1.29 is 4.42 Å². The van der Waals surface area contributed by atoms with Crippen LogP contribution >= 0.6 is 11.3 Å². The lowest BCUT2D eigenvalue weighted by molar-refractivity contribution is 0.402. The standard InChI is InChI=1S/C13H19N3OS/c1-5-10(14-6-2)12-15-16-13(17-12)11-7-8(3)9(4)18-11/h7,10,14H,5-6H2,1-4H3. The molecule has 0 saturated heterocycles. The van der Waals surface area contributed by atoms with Gasteiger partial charge in [0.2, 0.25) is 5.89 Å². The topological polar surface area (TPSA) is 51.0 Å². The van der Waals surface area contributed by atoms with E-state index in [-0.39, 0.29) is 6.04 Å². The molecule has 0 spiro atoms. The van der Waals surface area contributed by atoms with E-state index in [1.165, 1.54) is 10.4 Å². The van der Waals surface area contributed by atoms with Gasteiger partial charge < -0.3 is 9.73 Å². The fourth-order valence-corrected chi connectivity index (χ4v) is 2.76. The third-order valence-corrected chi connectivity index (χ3v) is 4.11. The second kappa shape index (κ2) is 5.63. The quantitative estimate of drug-likeness (QED) is 0.899. The maximum absolute atomic E-state index is 5.77. The molecule has 0 amide bonds. The molecule has 18 heavy (non-hydrogen) atoms. The van der Waals surface area contributed by atoms with Gasteiger partial charge in [-0.05, 0) is 38.4 Å². The van der Waals surface area contributed by atoms with Gasteiger partial charge in [-0.15, -0.1) is 21.5 Å².